The van der Waals surface area contributed by atoms with Crippen molar-refractivity contribution in [3.05, 3.63) is 38.8 Å². The number of hydrogen-bond acceptors (Lipinski definition) is 1. The minimum Gasteiger partial charge on any atom is -0.175 e. The lowest BCUT2D eigenvalue weighted by atomic mass is 10.2. The van der Waals surface area contributed by atoms with Gasteiger partial charge in [0, 0.05) is 16.3 Å². The van der Waals surface area contributed by atoms with Crippen LogP contribution in [0.25, 0.3) is 6.08 Å². The van der Waals surface area contributed by atoms with Crippen LogP contribution < -0.4 is 0 Å². The summed E-state index contributed by atoms with van der Waals surface area (Å²) in [5.74, 6) is 0.638. The fraction of sp³-hybridized carbons (Fsp3) is 0.111. The van der Waals surface area contributed by atoms with E-state index < -0.39 is 0 Å². The van der Waals surface area contributed by atoms with Gasteiger partial charge in [-0.25, -0.2) is 0 Å². The van der Waals surface area contributed by atoms with Crippen molar-refractivity contribution in [1.82, 2.24) is 0 Å². The molecule has 1 aromatic rings. The molecule has 0 nitrogen and oxygen atoms in total. The fourth-order valence-electron chi connectivity index (χ4n) is 0.866. The first-order valence-corrected chi connectivity index (χ1v) is 5.34. The van der Waals surface area contributed by atoms with Crippen molar-refractivity contribution in [3.63, 3.8) is 0 Å². The molecule has 0 radical (unpaired) electrons. The highest BCUT2D eigenvalue weighted by atomic mass is 35.5. The molecule has 0 bridgehead atoms. The lowest BCUT2D eigenvalue weighted by Crippen LogP contribution is -1.79. The average molecular weight is 254 g/mol. The monoisotopic (exact) mass is 252 g/mol. The fourth-order valence-corrected chi connectivity index (χ4v) is 1.63. The van der Waals surface area contributed by atoms with E-state index in [4.69, 9.17) is 34.8 Å². The number of halogens is 3. The Hall–Kier alpha value is 0.180. The van der Waals surface area contributed by atoms with Gasteiger partial charge in [-0.2, -0.15) is 12.6 Å². The summed E-state index contributed by atoms with van der Waals surface area (Å²) in [6.45, 7) is 0. The van der Waals surface area contributed by atoms with E-state index in [9.17, 15) is 0 Å². The number of benzene rings is 1. The number of hydrogen-bond donors (Lipinski definition) is 1. The SMILES string of the molecule is SCC=Cc1c(Cl)ccc(Cl)c1Cl. The molecule has 13 heavy (non-hydrogen) atoms. The summed E-state index contributed by atoms with van der Waals surface area (Å²) < 4.78 is 0. The van der Waals surface area contributed by atoms with Gasteiger partial charge in [-0.3, -0.25) is 0 Å². The molecule has 0 N–H and O–H groups in total. The smallest absolute Gasteiger partial charge is 0.0679 e. The van der Waals surface area contributed by atoms with E-state index in [2.05, 4.69) is 12.6 Å². The largest absolute Gasteiger partial charge is 0.175 e. The molecule has 70 valence electrons. The standard InChI is InChI=1S/C9H7Cl3S/c10-7-3-4-8(11)9(12)6(7)2-1-5-13/h1-4,13H,5H2. The minimum atomic E-state index is 0.479. The second-order valence-corrected chi connectivity index (χ2v) is 3.90. The predicted octanol–water partition coefficient (Wildman–Crippen LogP) is 4.59. The predicted molar refractivity (Wildman–Crippen MR) is 64.4 cm³/mol. The minimum absolute atomic E-state index is 0.479. The molecule has 0 atom stereocenters. The zero-order valence-electron chi connectivity index (χ0n) is 6.60. The first-order valence-electron chi connectivity index (χ1n) is 3.57. The normalized spacial score (nSPS) is 11.1. The Morgan fingerprint density at radius 3 is 2.38 bits per heavy atom. The lowest BCUT2D eigenvalue weighted by Gasteiger charge is -2.02. The maximum Gasteiger partial charge on any atom is 0.0679 e. The third kappa shape index (κ3) is 2.81. The van der Waals surface area contributed by atoms with Crippen molar-refractivity contribution in [2.24, 2.45) is 0 Å². The molecule has 0 saturated heterocycles. The van der Waals surface area contributed by atoms with Crippen LogP contribution in [0, 0.1) is 0 Å². The highest BCUT2D eigenvalue weighted by molar-refractivity contribution is 7.80. The van der Waals surface area contributed by atoms with Crippen molar-refractivity contribution >= 4 is 53.5 Å². The maximum atomic E-state index is 5.94. The molecule has 0 aliphatic rings. The zero-order chi connectivity index (χ0) is 9.84. The molecule has 0 saturated carbocycles. The van der Waals surface area contributed by atoms with Crippen LogP contribution in [-0.2, 0) is 0 Å². The van der Waals surface area contributed by atoms with Gasteiger partial charge >= 0.3 is 0 Å². The molecule has 0 spiro atoms. The quantitative estimate of drug-likeness (QED) is 0.578. The van der Waals surface area contributed by atoms with E-state index in [-0.39, 0.29) is 0 Å². The Morgan fingerprint density at radius 1 is 1.15 bits per heavy atom. The first-order chi connectivity index (χ1) is 6.16. The van der Waals surface area contributed by atoms with Crippen LogP contribution in [0.3, 0.4) is 0 Å². The van der Waals surface area contributed by atoms with Crippen molar-refractivity contribution in [3.8, 4) is 0 Å². The van der Waals surface area contributed by atoms with E-state index >= 15 is 0 Å². The Labute approximate surface area is 97.9 Å². The van der Waals surface area contributed by atoms with E-state index in [1.807, 2.05) is 12.2 Å². The van der Waals surface area contributed by atoms with E-state index in [0.29, 0.717) is 20.8 Å². The van der Waals surface area contributed by atoms with Gasteiger partial charge in [-0.1, -0.05) is 47.0 Å². The van der Waals surface area contributed by atoms with Crippen LogP contribution >= 0.6 is 47.4 Å². The molecule has 0 aliphatic heterocycles. The molecular weight excluding hydrogens is 247 g/mol. The van der Waals surface area contributed by atoms with Crippen molar-refractivity contribution < 1.29 is 0 Å². The molecule has 0 fully saturated rings. The maximum absolute atomic E-state index is 5.94. The molecule has 0 aromatic heterocycles. The summed E-state index contributed by atoms with van der Waals surface area (Å²) in [6, 6.07) is 3.39. The van der Waals surface area contributed by atoms with Gasteiger partial charge in [0.05, 0.1) is 10.0 Å². The van der Waals surface area contributed by atoms with Crippen LogP contribution in [0.4, 0.5) is 0 Å². The van der Waals surface area contributed by atoms with Crippen LogP contribution in [0.15, 0.2) is 18.2 Å². The van der Waals surface area contributed by atoms with Crippen LogP contribution in [0.1, 0.15) is 5.56 Å². The van der Waals surface area contributed by atoms with Gasteiger partial charge in [-0.15, -0.1) is 0 Å². The highest BCUT2D eigenvalue weighted by Crippen LogP contribution is 2.32. The Balaban J connectivity index is 3.17. The van der Waals surface area contributed by atoms with Crippen LogP contribution in [-0.4, -0.2) is 5.75 Å². The van der Waals surface area contributed by atoms with Gasteiger partial charge in [0.2, 0.25) is 0 Å². The third-order valence-corrected chi connectivity index (χ3v) is 2.83. The topological polar surface area (TPSA) is 0 Å². The molecule has 4 heteroatoms. The highest BCUT2D eigenvalue weighted by Gasteiger charge is 2.05. The summed E-state index contributed by atoms with van der Waals surface area (Å²) in [7, 11) is 0. The molecule has 0 unspecified atom stereocenters. The van der Waals surface area contributed by atoms with Gasteiger partial charge in [0.15, 0.2) is 0 Å². The van der Waals surface area contributed by atoms with Crippen molar-refractivity contribution in [2.75, 3.05) is 5.75 Å². The lowest BCUT2D eigenvalue weighted by molar-refractivity contribution is 1.64. The Bertz CT molecular complexity index is 334. The third-order valence-electron chi connectivity index (χ3n) is 1.47. The summed E-state index contributed by atoms with van der Waals surface area (Å²) in [5, 5.41) is 1.57. The summed E-state index contributed by atoms with van der Waals surface area (Å²) in [6.07, 6.45) is 3.66. The molecule has 1 rings (SSSR count). The molecule has 0 amide bonds. The molecule has 1 aromatic carbocycles. The summed E-state index contributed by atoms with van der Waals surface area (Å²) in [4.78, 5) is 0. The zero-order valence-corrected chi connectivity index (χ0v) is 9.76. The van der Waals surface area contributed by atoms with E-state index in [1.54, 1.807) is 12.1 Å². The van der Waals surface area contributed by atoms with Crippen molar-refractivity contribution in [1.29, 1.82) is 0 Å². The number of thiol groups is 1. The van der Waals surface area contributed by atoms with Crippen LogP contribution in [0.5, 0.6) is 0 Å². The second kappa shape index (κ2) is 5.16. The van der Waals surface area contributed by atoms with Gasteiger partial charge < -0.3 is 0 Å². The molecule has 0 heterocycles. The second-order valence-electron chi connectivity index (χ2n) is 2.34. The van der Waals surface area contributed by atoms with Crippen LogP contribution in [0.2, 0.25) is 15.1 Å². The van der Waals surface area contributed by atoms with Gasteiger partial charge in [0.1, 0.15) is 0 Å². The summed E-state index contributed by atoms with van der Waals surface area (Å²) in [5.41, 5.74) is 0.741. The summed E-state index contributed by atoms with van der Waals surface area (Å²) >= 11 is 21.7. The first kappa shape index (κ1) is 11.3. The van der Waals surface area contributed by atoms with Crippen molar-refractivity contribution in [2.45, 2.75) is 0 Å². The Kier molecular flexibility index (Phi) is 4.47. The van der Waals surface area contributed by atoms with E-state index in [0.717, 1.165) is 5.56 Å². The van der Waals surface area contributed by atoms with Gasteiger partial charge in [0.25, 0.3) is 0 Å². The Morgan fingerprint density at radius 2 is 1.77 bits per heavy atom. The molecule has 0 aliphatic carbocycles. The van der Waals surface area contributed by atoms with Gasteiger partial charge in [-0.05, 0) is 12.1 Å². The average Bonchev–Trinajstić information content (AvgIpc) is 2.12. The number of rotatable bonds is 2. The molecular formula is C9H7Cl3S. The van der Waals surface area contributed by atoms with E-state index in [1.165, 1.54) is 0 Å².